The fourth-order valence-corrected chi connectivity index (χ4v) is 7.76. The molecule has 6 rings (SSSR count). The quantitative estimate of drug-likeness (QED) is 0.125. The van der Waals surface area contributed by atoms with E-state index in [2.05, 4.69) is 0 Å². The first-order valence-corrected chi connectivity index (χ1v) is 18.0. The van der Waals surface area contributed by atoms with Crippen LogP contribution in [0.3, 0.4) is 0 Å². The van der Waals surface area contributed by atoms with Crippen molar-refractivity contribution in [2.24, 2.45) is 0 Å². The minimum atomic E-state index is -4.61. The molecule has 0 saturated carbocycles. The minimum absolute atomic E-state index is 0.0103. The fraction of sp³-hybridized carbons (Fsp3) is 0.128. The molecule has 5 aromatic rings. The van der Waals surface area contributed by atoms with Crippen molar-refractivity contribution in [1.29, 1.82) is 0 Å². The van der Waals surface area contributed by atoms with Gasteiger partial charge in [-0.2, -0.15) is 0 Å². The van der Waals surface area contributed by atoms with Crippen molar-refractivity contribution in [2.45, 2.75) is 36.7 Å². The van der Waals surface area contributed by atoms with Crippen LogP contribution in [0.4, 0.5) is 0 Å². The molecule has 0 fully saturated rings. The van der Waals surface area contributed by atoms with Gasteiger partial charge in [0.1, 0.15) is 16.4 Å². The maximum absolute atomic E-state index is 14.7. The number of rotatable bonds is 11. The first-order valence-electron chi connectivity index (χ1n) is 16.1. The Morgan fingerprint density at radius 1 is 0.750 bits per heavy atom. The third kappa shape index (κ3) is 7.68. The lowest BCUT2D eigenvalue weighted by molar-refractivity contribution is 0.0614. The first-order chi connectivity index (χ1) is 24.9. The maximum Gasteiger partial charge on any atom is 0.336 e. The van der Waals surface area contributed by atoms with E-state index < -0.39 is 67.0 Å². The van der Waals surface area contributed by atoms with Crippen molar-refractivity contribution in [3.05, 3.63) is 159 Å². The number of hydrogen-bond donors (Lipinski definition) is 3. The average molecular weight is 739 g/mol. The number of benzene rings is 5. The Hall–Kier alpha value is -5.98. The summed E-state index contributed by atoms with van der Waals surface area (Å²) in [5.74, 6) is -4.44. The second kappa shape index (κ2) is 15.1. The van der Waals surface area contributed by atoms with Gasteiger partial charge in [-0.25, -0.2) is 22.7 Å². The summed E-state index contributed by atoms with van der Waals surface area (Å²) >= 11 is 6.02. The summed E-state index contributed by atoms with van der Waals surface area (Å²) in [5.41, 5.74) is -0.189. The number of carboxylic acid groups (broad SMARTS) is 2. The summed E-state index contributed by atoms with van der Waals surface area (Å²) in [6.45, 7) is -0.0103. The zero-order valence-corrected chi connectivity index (χ0v) is 28.9. The summed E-state index contributed by atoms with van der Waals surface area (Å²) in [5, 5.41) is 20.3. The fourth-order valence-electron chi connectivity index (χ4n) is 6.27. The number of carboxylic acids is 2. The van der Waals surface area contributed by atoms with Crippen LogP contribution in [0.25, 0.3) is 0 Å². The van der Waals surface area contributed by atoms with Gasteiger partial charge in [-0.15, -0.1) is 0 Å². The third-order valence-corrected chi connectivity index (χ3v) is 10.5. The monoisotopic (exact) mass is 738 g/mol. The highest BCUT2D eigenvalue weighted by Crippen LogP contribution is 2.37. The topological polar surface area (TPSA) is 167 Å². The number of aromatic carboxylic acids is 2. The molecule has 52 heavy (non-hydrogen) atoms. The Kier molecular flexibility index (Phi) is 10.4. The van der Waals surface area contributed by atoms with E-state index in [1.165, 1.54) is 23.1 Å². The van der Waals surface area contributed by atoms with Crippen LogP contribution in [0.1, 0.15) is 77.0 Å². The van der Waals surface area contributed by atoms with Gasteiger partial charge in [0.15, 0.2) is 0 Å². The van der Waals surface area contributed by atoms with Crippen molar-refractivity contribution < 1.29 is 42.5 Å². The van der Waals surface area contributed by atoms with Crippen LogP contribution in [-0.2, 0) is 23.0 Å². The van der Waals surface area contributed by atoms with Gasteiger partial charge in [-0.3, -0.25) is 9.59 Å². The lowest BCUT2D eigenvalue weighted by atomic mass is 9.86. The van der Waals surface area contributed by atoms with Crippen LogP contribution in [0.15, 0.2) is 120 Å². The highest BCUT2D eigenvalue weighted by Gasteiger charge is 2.34. The molecule has 0 bridgehead atoms. The lowest BCUT2D eigenvalue weighted by Gasteiger charge is -2.36. The van der Waals surface area contributed by atoms with Crippen LogP contribution >= 0.6 is 11.6 Å². The number of hydrogen-bond acceptors (Lipinski definition) is 7. The summed E-state index contributed by atoms with van der Waals surface area (Å²) < 4.78 is 33.8. The van der Waals surface area contributed by atoms with E-state index >= 15 is 0 Å². The molecule has 0 saturated heterocycles. The molecule has 0 aliphatic heterocycles. The van der Waals surface area contributed by atoms with Gasteiger partial charge in [-0.05, 0) is 84.5 Å². The molecule has 1 atom stereocenters. The Bertz CT molecular complexity index is 2310. The third-order valence-electron chi connectivity index (χ3n) is 8.65. The molecular weight excluding hydrogens is 708 g/mol. The largest absolute Gasteiger partial charge is 0.478 e. The molecule has 0 aromatic heterocycles. The molecular formula is C39H31ClN2O9S. The van der Waals surface area contributed by atoms with Crippen LogP contribution < -0.4 is 9.46 Å². The van der Waals surface area contributed by atoms with Gasteiger partial charge >= 0.3 is 11.9 Å². The van der Waals surface area contributed by atoms with Gasteiger partial charge in [0.25, 0.3) is 21.8 Å². The standard InChI is InChI=1S/C39H31ClN2O9S/c40-33-17-6-7-19-35(33)52(49,50)41-36(43)29-21-32(39(47)48)30(22-31(29)38(45)46)37(44)42(34-18-9-12-25-11-4-5-16-28(25)34)23-24-10-8-15-27(20-24)51-26-13-2-1-3-14-26/h1-8,10-11,13-17,19-22,34H,9,12,18,23H2,(H,41,43)(H,45,46)(H,47,48)/t34-/m0/s1. The molecule has 13 heteroatoms. The van der Waals surface area contributed by atoms with Gasteiger partial charge in [0.2, 0.25) is 0 Å². The SMILES string of the molecule is O=C(O)c1cc(C(=O)N(Cc2cccc(Oc3ccccc3)c2)[C@H]2CCCc3ccccc32)c(C(=O)O)cc1C(=O)NS(=O)(=O)c1ccccc1Cl. The van der Waals surface area contributed by atoms with Crippen molar-refractivity contribution in [3.63, 3.8) is 0 Å². The number of ether oxygens (including phenoxy) is 1. The number of halogens is 1. The van der Waals surface area contributed by atoms with E-state index in [4.69, 9.17) is 16.3 Å². The van der Waals surface area contributed by atoms with Gasteiger partial charge in [0, 0.05) is 6.54 Å². The summed E-state index contributed by atoms with van der Waals surface area (Å²) in [6, 6.07) is 30.1. The maximum atomic E-state index is 14.7. The highest BCUT2D eigenvalue weighted by molar-refractivity contribution is 7.90. The van der Waals surface area contributed by atoms with Gasteiger partial charge in [0.05, 0.1) is 33.3 Å². The second-order valence-electron chi connectivity index (χ2n) is 12.0. The number of nitrogens with zero attached hydrogens (tertiary/aromatic N) is 1. The number of fused-ring (bicyclic) bond motifs is 1. The first kappa shape index (κ1) is 35.8. The molecule has 1 aliphatic carbocycles. The highest BCUT2D eigenvalue weighted by atomic mass is 35.5. The number of carbonyl (C=O) groups excluding carboxylic acids is 2. The van der Waals surface area contributed by atoms with Gasteiger partial charge in [-0.1, -0.05) is 78.3 Å². The summed E-state index contributed by atoms with van der Waals surface area (Å²) in [6.07, 6.45) is 2.05. The average Bonchev–Trinajstić information content (AvgIpc) is 3.13. The predicted octanol–water partition coefficient (Wildman–Crippen LogP) is 7.37. The minimum Gasteiger partial charge on any atom is -0.478 e. The lowest BCUT2D eigenvalue weighted by Crippen LogP contribution is -2.37. The zero-order chi connectivity index (χ0) is 37.0. The molecule has 2 amide bonds. The molecule has 264 valence electrons. The van der Waals surface area contributed by atoms with E-state index in [0.717, 1.165) is 36.1 Å². The zero-order valence-electron chi connectivity index (χ0n) is 27.4. The van der Waals surface area contributed by atoms with E-state index in [9.17, 15) is 37.8 Å². The Balaban J connectivity index is 1.42. The second-order valence-corrected chi connectivity index (χ2v) is 14.1. The molecule has 5 aromatic carbocycles. The van der Waals surface area contributed by atoms with E-state index in [0.29, 0.717) is 29.5 Å². The van der Waals surface area contributed by atoms with Crippen molar-refractivity contribution in [1.82, 2.24) is 9.62 Å². The molecule has 3 N–H and O–H groups in total. The smallest absolute Gasteiger partial charge is 0.336 e. The number of nitrogens with one attached hydrogen (secondary N) is 1. The van der Waals surface area contributed by atoms with Crippen LogP contribution in [0.2, 0.25) is 5.02 Å². The predicted molar refractivity (Wildman–Crippen MR) is 191 cm³/mol. The molecule has 1 aliphatic rings. The summed E-state index contributed by atoms with van der Waals surface area (Å²) in [4.78, 5) is 54.3. The van der Waals surface area contributed by atoms with E-state index in [-0.39, 0.29) is 11.6 Å². The van der Waals surface area contributed by atoms with Gasteiger partial charge < -0.3 is 19.8 Å². The number of aryl methyl sites for hydroxylation is 1. The van der Waals surface area contributed by atoms with Crippen molar-refractivity contribution in [3.8, 4) is 11.5 Å². The summed E-state index contributed by atoms with van der Waals surface area (Å²) in [7, 11) is -4.61. The van der Waals surface area contributed by atoms with E-state index in [1.807, 2.05) is 42.5 Å². The number of para-hydroxylation sites is 1. The molecule has 11 nitrogen and oxygen atoms in total. The Labute approximate surface area is 304 Å². The van der Waals surface area contributed by atoms with Crippen molar-refractivity contribution >= 4 is 45.4 Å². The number of carbonyl (C=O) groups is 4. The normalized spacial score (nSPS) is 13.8. The van der Waals surface area contributed by atoms with E-state index in [1.54, 1.807) is 41.1 Å². The van der Waals surface area contributed by atoms with Crippen LogP contribution in [-0.4, -0.2) is 47.3 Å². The number of sulfonamides is 1. The molecule has 0 heterocycles. The Morgan fingerprint density at radius 3 is 2.12 bits per heavy atom. The van der Waals surface area contributed by atoms with Crippen LogP contribution in [0, 0.1) is 0 Å². The Morgan fingerprint density at radius 2 is 1.38 bits per heavy atom. The molecule has 0 unspecified atom stereocenters. The van der Waals surface area contributed by atoms with Crippen LogP contribution in [0.5, 0.6) is 11.5 Å². The number of amides is 2. The molecule has 0 radical (unpaired) electrons. The van der Waals surface area contributed by atoms with Crippen molar-refractivity contribution in [2.75, 3.05) is 0 Å². The molecule has 0 spiro atoms.